The molecule has 6 heteroatoms. The molecule has 1 saturated heterocycles. The first-order valence-corrected chi connectivity index (χ1v) is 10.5. The van der Waals surface area contributed by atoms with E-state index in [-0.39, 0.29) is 23.1 Å². The van der Waals surface area contributed by atoms with Crippen LogP contribution in [-0.4, -0.2) is 40.6 Å². The number of carbonyl (C=O) groups is 1. The molecular formula is C21H24ClFN2OS. The van der Waals surface area contributed by atoms with Crippen molar-refractivity contribution in [2.45, 2.75) is 31.8 Å². The van der Waals surface area contributed by atoms with Crippen LogP contribution < -0.4 is 0 Å². The summed E-state index contributed by atoms with van der Waals surface area (Å²) in [6, 6.07) is 14.4. The Hall–Kier alpha value is -1.56. The van der Waals surface area contributed by atoms with Crippen molar-refractivity contribution in [3.05, 3.63) is 70.5 Å². The van der Waals surface area contributed by atoms with Crippen molar-refractivity contribution in [1.82, 2.24) is 9.80 Å². The summed E-state index contributed by atoms with van der Waals surface area (Å²) in [5.74, 6) is 0.737. The van der Waals surface area contributed by atoms with Crippen LogP contribution in [0.3, 0.4) is 0 Å². The van der Waals surface area contributed by atoms with E-state index >= 15 is 0 Å². The summed E-state index contributed by atoms with van der Waals surface area (Å²) in [6.45, 7) is 5.92. The molecule has 1 fully saturated rings. The lowest BCUT2D eigenvalue weighted by Crippen LogP contribution is -2.42. The third-order valence-electron chi connectivity index (χ3n) is 4.71. The van der Waals surface area contributed by atoms with Crippen LogP contribution in [0, 0.1) is 5.82 Å². The van der Waals surface area contributed by atoms with Gasteiger partial charge in [0.05, 0.1) is 6.54 Å². The Morgan fingerprint density at radius 1 is 1.30 bits per heavy atom. The molecule has 2 aromatic rings. The van der Waals surface area contributed by atoms with Crippen LogP contribution in [0.25, 0.3) is 0 Å². The van der Waals surface area contributed by atoms with Gasteiger partial charge in [-0.2, -0.15) is 0 Å². The molecule has 1 aliphatic rings. The summed E-state index contributed by atoms with van der Waals surface area (Å²) in [5.41, 5.74) is 2.06. The Labute approximate surface area is 169 Å². The Morgan fingerprint density at radius 2 is 2.04 bits per heavy atom. The van der Waals surface area contributed by atoms with Gasteiger partial charge < -0.3 is 4.90 Å². The Morgan fingerprint density at radius 3 is 2.70 bits per heavy atom. The lowest BCUT2D eigenvalue weighted by molar-refractivity contribution is -0.133. The molecule has 0 unspecified atom stereocenters. The van der Waals surface area contributed by atoms with E-state index in [0.717, 1.165) is 16.9 Å². The second kappa shape index (κ2) is 9.09. The molecule has 0 bridgehead atoms. The maximum absolute atomic E-state index is 13.2. The minimum Gasteiger partial charge on any atom is -0.325 e. The maximum Gasteiger partial charge on any atom is 0.237 e. The first-order valence-electron chi connectivity index (χ1n) is 9.09. The summed E-state index contributed by atoms with van der Waals surface area (Å²) in [5, 5.41) is 0.660. The van der Waals surface area contributed by atoms with E-state index in [9.17, 15) is 9.18 Å². The second-order valence-electron chi connectivity index (χ2n) is 6.99. The van der Waals surface area contributed by atoms with E-state index in [1.807, 2.05) is 29.2 Å². The zero-order valence-corrected chi connectivity index (χ0v) is 17.1. The SMILES string of the molecule is CC(C)N(CC(=O)N1CCS[C@@H]1c1ccc(F)cc1)Cc1cccc(Cl)c1. The minimum absolute atomic E-state index is 0.0433. The van der Waals surface area contributed by atoms with E-state index < -0.39 is 0 Å². The standard InChI is InChI=1S/C21H24ClFN2OS/c1-15(2)24(13-16-4-3-5-18(22)12-16)14-20(26)25-10-11-27-21(25)17-6-8-19(23)9-7-17/h3-9,12,15,21H,10-11,13-14H2,1-2H3/t21-/m1/s1. The molecule has 0 N–H and O–H groups in total. The van der Waals surface area contributed by atoms with Gasteiger partial charge >= 0.3 is 0 Å². The molecule has 1 heterocycles. The number of amides is 1. The summed E-state index contributed by atoms with van der Waals surface area (Å²) in [7, 11) is 0. The third kappa shape index (κ3) is 5.24. The maximum atomic E-state index is 13.2. The smallest absolute Gasteiger partial charge is 0.237 e. The monoisotopic (exact) mass is 406 g/mol. The van der Waals surface area contributed by atoms with Crippen molar-refractivity contribution in [1.29, 1.82) is 0 Å². The van der Waals surface area contributed by atoms with Gasteiger partial charge in [0.25, 0.3) is 0 Å². The van der Waals surface area contributed by atoms with Gasteiger partial charge in [-0.1, -0.05) is 35.9 Å². The molecule has 3 nitrogen and oxygen atoms in total. The van der Waals surface area contributed by atoms with Crippen LogP contribution in [0.5, 0.6) is 0 Å². The number of hydrogen-bond donors (Lipinski definition) is 0. The zero-order valence-electron chi connectivity index (χ0n) is 15.6. The van der Waals surface area contributed by atoms with Gasteiger partial charge in [0.2, 0.25) is 5.91 Å². The minimum atomic E-state index is -0.257. The van der Waals surface area contributed by atoms with E-state index in [4.69, 9.17) is 11.6 Å². The molecule has 1 atom stereocenters. The van der Waals surface area contributed by atoms with Gasteiger partial charge in [-0.15, -0.1) is 11.8 Å². The third-order valence-corrected chi connectivity index (χ3v) is 6.21. The van der Waals surface area contributed by atoms with Gasteiger partial charge in [0.1, 0.15) is 11.2 Å². The van der Waals surface area contributed by atoms with Gasteiger partial charge in [-0.05, 0) is 49.2 Å². The topological polar surface area (TPSA) is 23.6 Å². The summed E-state index contributed by atoms with van der Waals surface area (Å²) in [4.78, 5) is 17.1. The summed E-state index contributed by atoms with van der Waals surface area (Å²) in [6.07, 6.45) is 0. The van der Waals surface area contributed by atoms with Crippen molar-refractivity contribution in [3.8, 4) is 0 Å². The fourth-order valence-corrected chi connectivity index (χ4v) is 4.68. The van der Waals surface area contributed by atoms with Crippen LogP contribution in [-0.2, 0) is 11.3 Å². The van der Waals surface area contributed by atoms with E-state index in [1.54, 1.807) is 23.9 Å². The van der Waals surface area contributed by atoms with Gasteiger partial charge in [-0.25, -0.2) is 4.39 Å². The molecule has 27 heavy (non-hydrogen) atoms. The molecule has 144 valence electrons. The molecular weight excluding hydrogens is 383 g/mol. The number of benzene rings is 2. The number of hydrogen-bond acceptors (Lipinski definition) is 3. The fraction of sp³-hybridized carbons (Fsp3) is 0.381. The van der Waals surface area contributed by atoms with Crippen LogP contribution in [0.4, 0.5) is 4.39 Å². The number of nitrogens with zero attached hydrogens (tertiary/aromatic N) is 2. The van der Waals surface area contributed by atoms with Crippen LogP contribution in [0.15, 0.2) is 48.5 Å². The molecule has 1 aliphatic heterocycles. The van der Waals surface area contributed by atoms with E-state index in [0.29, 0.717) is 24.7 Å². The lowest BCUT2D eigenvalue weighted by atomic mass is 10.1. The molecule has 0 radical (unpaired) electrons. The van der Waals surface area contributed by atoms with Gasteiger partial charge in [0.15, 0.2) is 0 Å². The number of carbonyl (C=O) groups excluding carboxylic acids is 1. The van der Waals surface area contributed by atoms with Crippen LogP contribution in [0.2, 0.25) is 5.02 Å². The lowest BCUT2D eigenvalue weighted by Gasteiger charge is -2.30. The highest BCUT2D eigenvalue weighted by atomic mass is 35.5. The quantitative estimate of drug-likeness (QED) is 0.677. The largest absolute Gasteiger partial charge is 0.325 e. The van der Waals surface area contributed by atoms with Crippen molar-refractivity contribution in [3.63, 3.8) is 0 Å². The highest BCUT2D eigenvalue weighted by molar-refractivity contribution is 7.99. The van der Waals surface area contributed by atoms with Crippen molar-refractivity contribution in [2.24, 2.45) is 0 Å². The number of thioether (sulfide) groups is 1. The number of rotatable bonds is 6. The normalized spacial score (nSPS) is 17.1. The second-order valence-corrected chi connectivity index (χ2v) is 8.62. The highest BCUT2D eigenvalue weighted by Gasteiger charge is 2.31. The van der Waals surface area contributed by atoms with E-state index in [2.05, 4.69) is 18.7 Å². The molecule has 0 spiro atoms. The van der Waals surface area contributed by atoms with Crippen molar-refractivity contribution < 1.29 is 9.18 Å². The average molecular weight is 407 g/mol. The number of halogens is 2. The highest BCUT2D eigenvalue weighted by Crippen LogP contribution is 2.38. The molecule has 1 amide bonds. The molecule has 0 saturated carbocycles. The molecule has 0 aliphatic carbocycles. The summed E-state index contributed by atoms with van der Waals surface area (Å²) < 4.78 is 13.2. The predicted molar refractivity (Wildman–Crippen MR) is 110 cm³/mol. The van der Waals surface area contributed by atoms with Gasteiger partial charge in [-0.3, -0.25) is 9.69 Å². The van der Waals surface area contributed by atoms with Crippen LogP contribution >= 0.6 is 23.4 Å². The van der Waals surface area contributed by atoms with Crippen molar-refractivity contribution in [2.75, 3.05) is 18.8 Å². The van der Waals surface area contributed by atoms with E-state index in [1.165, 1.54) is 12.1 Å². The first kappa shape index (κ1) is 20.2. The van der Waals surface area contributed by atoms with Crippen LogP contribution in [0.1, 0.15) is 30.3 Å². The first-order chi connectivity index (χ1) is 12.9. The van der Waals surface area contributed by atoms with Crippen molar-refractivity contribution >= 4 is 29.3 Å². The summed E-state index contributed by atoms with van der Waals surface area (Å²) >= 11 is 7.82. The molecule has 3 rings (SSSR count). The average Bonchev–Trinajstić information content (AvgIpc) is 3.11. The fourth-order valence-electron chi connectivity index (χ4n) is 3.18. The van der Waals surface area contributed by atoms with Gasteiger partial charge in [0, 0.05) is 29.9 Å². The molecule has 2 aromatic carbocycles. The predicted octanol–water partition coefficient (Wildman–Crippen LogP) is 4.96. The molecule has 0 aromatic heterocycles. The Kier molecular flexibility index (Phi) is 6.79. The Bertz CT molecular complexity index is 784. The Balaban J connectivity index is 1.70. The zero-order chi connectivity index (χ0) is 19.4.